The van der Waals surface area contributed by atoms with Crippen LogP contribution in [0.2, 0.25) is 0 Å². The molecule has 0 saturated carbocycles. The summed E-state index contributed by atoms with van der Waals surface area (Å²) in [6, 6.07) is 22.9. The van der Waals surface area contributed by atoms with Gasteiger partial charge in [0.1, 0.15) is 11.6 Å². The first-order valence-corrected chi connectivity index (χ1v) is 11.5. The van der Waals surface area contributed by atoms with Gasteiger partial charge in [0.25, 0.3) is 0 Å². The number of amides is 1. The lowest BCUT2D eigenvalue weighted by Gasteiger charge is -2.41. The van der Waals surface area contributed by atoms with Gasteiger partial charge in [0.05, 0.1) is 19.7 Å². The Morgan fingerprint density at radius 3 is 2.53 bits per heavy atom. The number of nitrogens with two attached hydrogens (primary N) is 1. The van der Waals surface area contributed by atoms with Crippen LogP contribution in [0.3, 0.4) is 0 Å². The standard InChI is InChI=1S/C27H31FN4O2/c1-34-25-14-11-21(19-9-12-23(28)13-10-19)16-22(25)17-30-24-8-5-15-32(18-26(33)31-29)27(24)20-6-3-2-4-7-20/h2-4,6-7,9-14,16,24,27,30H,5,8,15,17-18,29H2,1H3,(H,31,33)/t24-,27-/m0/s1. The van der Waals surface area contributed by atoms with Gasteiger partial charge in [-0.25, -0.2) is 10.2 Å². The molecule has 7 heteroatoms. The number of nitrogens with zero attached hydrogens (tertiary/aromatic N) is 1. The zero-order valence-corrected chi connectivity index (χ0v) is 19.3. The van der Waals surface area contributed by atoms with Crippen LogP contribution in [0.4, 0.5) is 4.39 Å². The average Bonchev–Trinajstić information content (AvgIpc) is 2.88. The molecular weight excluding hydrogens is 431 g/mol. The van der Waals surface area contributed by atoms with Gasteiger partial charge >= 0.3 is 0 Å². The number of nitrogens with one attached hydrogen (secondary N) is 2. The minimum atomic E-state index is -0.253. The van der Waals surface area contributed by atoms with E-state index in [-0.39, 0.29) is 30.4 Å². The van der Waals surface area contributed by atoms with Crippen molar-refractivity contribution in [3.8, 4) is 16.9 Å². The number of halogens is 1. The van der Waals surface area contributed by atoms with Crippen LogP contribution in [-0.2, 0) is 11.3 Å². The van der Waals surface area contributed by atoms with Crippen molar-refractivity contribution in [1.29, 1.82) is 0 Å². The molecule has 1 saturated heterocycles. The van der Waals surface area contributed by atoms with Crippen molar-refractivity contribution >= 4 is 5.91 Å². The smallest absolute Gasteiger partial charge is 0.248 e. The molecule has 1 heterocycles. The summed E-state index contributed by atoms with van der Waals surface area (Å²) in [7, 11) is 1.66. The molecule has 4 rings (SSSR count). The summed E-state index contributed by atoms with van der Waals surface area (Å²) in [4.78, 5) is 14.3. The monoisotopic (exact) mass is 462 g/mol. The summed E-state index contributed by atoms with van der Waals surface area (Å²) in [6.45, 7) is 1.68. The SMILES string of the molecule is COc1ccc(-c2ccc(F)cc2)cc1CN[C@H]1CCCN(CC(=O)NN)[C@H]1c1ccccc1. The Labute approximate surface area is 199 Å². The van der Waals surface area contributed by atoms with Gasteiger partial charge in [0.15, 0.2) is 0 Å². The maximum Gasteiger partial charge on any atom is 0.248 e. The fraction of sp³-hybridized carbons (Fsp3) is 0.296. The molecule has 1 aliphatic rings. The number of hydrogen-bond donors (Lipinski definition) is 3. The number of carbonyl (C=O) groups excluding carboxylic acids is 1. The number of likely N-dealkylation sites (tertiary alicyclic amines) is 1. The topological polar surface area (TPSA) is 79.6 Å². The zero-order valence-electron chi connectivity index (χ0n) is 19.3. The van der Waals surface area contributed by atoms with Crippen molar-refractivity contribution < 1.29 is 13.9 Å². The maximum atomic E-state index is 13.4. The normalized spacial score (nSPS) is 18.4. The quantitative estimate of drug-likeness (QED) is 0.270. The van der Waals surface area contributed by atoms with Gasteiger partial charge in [-0.05, 0) is 60.3 Å². The number of carbonyl (C=O) groups is 1. The Bertz CT molecular complexity index is 1090. The number of hydrazine groups is 1. The van der Waals surface area contributed by atoms with Crippen LogP contribution >= 0.6 is 0 Å². The predicted octanol–water partition coefficient (Wildman–Crippen LogP) is 3.79. The molecular formula is C27H31FN4O2. The fourth-order valence-corrected chi connectivity index (χ4v) is 4.76. The van der Waals surface area contributed by atoms with E-state index in [0.717, 1.165) is 47.4 Å². The first kappa shape index (κ1) is 23.9. The van der Waals surface area contributed by atoms with Crippen molar-refractivity contribution in [1.82, 2.24) is 15.6 Å². The van der Waals surface area contributed by atoms with E-state index in [4.69, 9.17) is 10.6 Å². The molecule has 3 aromatic carbocycles. The highest BCUT2D eigenvalue weighted by Gasteiger charge is 2.33. The van der Waals surface area contributed by atoms with E-state index < -0.39 is 0 Å². The molecule has 2 atom stereocenters. The van der Waals surface area contributed by atoms with Gasteiger partial charge in [0.2, 0.25) is 5.91 Å². The second-order valence-electron chi connectivity index (χ2n) is 8.56. The second kappa shape index (κ2) is 11.2. The Balaban J connectivity index is 1.57. The first-order chi connectivity index (χ1) is 16.6. The zero-order chi connectivity index (χ0) is 23.9. The van der Waals surface area contributed by atoms with E-state index in [1.54, 1.807) is 19.2 Å². The Morgan fingerprint density at radius 1 is 1.09 bits per heavy atom. The number of ether oxygens (including phenoxy) is 1. The summed E-state index contributed by atoms with van der Waals surface area (Å²) in [6.07, 6.45) is 1.96. The molecule has 0 bridgehead atoms. The third-order valence-electron chi connectivity index (χ3n) is 6.40. The summed E-state index contributed by atoms with van der Waals surface area (Å²) in [5, 5.41) is 3.73. The van der Waals surface area contributed by atoms with Crippen LogP contribution in [0.1, 0.15) is 30.0 Å². The third-order valence-corrected chi connectivity index (χ3v) is 6.40. The minimum Gasteiger partial charge on any atom is -0.496 e. The Morgan fingerprint density at radius 2 is 1.82 bits per heavy atom. The Hall–Kier alpha value is -3.26. The molecule has 1 amide bonds. The molecule has 3 aromatic rings. The van der Waals surface area contributed by atoms with Gasteiger partial charge in [-0.15, -0.1) is 0 Å². The molecule has 1 fully saturated rings. The van der Waals surface area contributed by atoms with Crippen molar-refractivity contribution in [2.75, 3.05) is 20.2 Å². The summed E-state index contributed by atoms with van der Waals surface area (Å²) < 4.78 is 19.0. The van der Waals surface area contributed by atoms with E-state index >= 15 is 0 Å². The van der Waals surface area contributed by atoms with Gasteiger partial charge in [-0.1, -0.05) is 48.5 Å². The predicted molar refractivity (Wildman–Crippen MR) is 131 cm³/mol. The van der Waals surface area contributed by atoms with Gasteiger partial charge in [0, 0.05) is 18.2 Å². The highest BCUT2D eigenvalue weighted by atomic mass is 19.1. The summed E-state index contributed by atoms with van der Waals surface area (Å²) in [5.41, 5.74) is 6.39. The lowest BCUT2D eigenvalue weighted by molar-refractivity contribution is -0.123. The van der Waals surface area contributed by atoms with Gasteiger partial charge < -0.3 is 10.1 Å². The average molecular weight is 463 g/mol. The maximum absolute atomic E-state index is 13.4. The molecule has 0 aliphatic carbocycles. The Kier molecular flexibility index (Phi) is 7.90. The minimum absolute atomic E-state index is 0.0403. The van der Waals surface area contributed by atoms with Crippen LogP contribution in [0, 0.1) is 5.82 Å². The van der Waals surface area contributed by atoms with Crippen LogP contribution in [0.15, 0.2) is 72.8 Å². The van der Waals surface area contributed by atoms with Crippen molar-refractivity contribution in [3.05, 3.63) is 89.7 Å². The molecule has 6 nitrogen and oxygen atoms in total. The van der Waals surface area contributed by atoms with Crippen LogP contribution < -0.4 is 21.3 Å². The van der Waals surface area contributed by atoms with Crippen LogP contribution in [-0.4, -0.2) is 37.0 Å². The van der Waals surface area contributed by atoms with E-state index in [1.165, 1.54) is 12.1 Å². The van der Waals surface area contributed by atoms with Crippen molar-refractivity contribution in [3.63, 3.8) is 0 Å². The highest BCUT2D eigenvalue weighted by Crippen LogP contribution is 2.32. The van der Waals surface area contributed by atoms with Gasteiger partial charge in [-0.2, -0.15) is 0 Å². The third kappa shape index (κ3) is 5.62. The lowest BCUT2D eigenvalue weighted by Crippen LogP contribution is -2.51. The molecule has 34 heavy (non-hydrogen) atoms. The molecule has 0 aromatic heterocycles. The molecule has 0 spiro atoms. The number of piperidine rings is 1. The van der Waals surface area contributed by atoms with E-state index in [9.17, 15) is 9.18 Å². The number of benzene rings is 3. The summed E-state index contributed by atoms with van der Waals surface area (Å²) in [5.74, 6) is 5.71. The van der Waals surface area contributed by atoms with E-state index in [1.807, 2.05) is 30.3 Å². The molecule has 4 N–H and O–H groups in total. The summed E-state index contributed by atoms with van der Waals surface area (Å²) >= 11 is 0. The molecule has 0 radical (unpaired) electrons. The molecule has 178 valence electrons. The van der Waals surface area contributed by atoms with Crippen molar-refractivity contribution in [2.24, 2.45) is 5.84 Å². The number of hydrogen-bond acceptors (Lipinski definition) is 5. The fourth-order valence-electron chi connectivity index (χ4n) is 4.76. The van der Waals surface area contributed by atoms with Crippen LogP contribution in [0.5, 0.6) is 5.75 Å². The van der Waals surface area contributed by atoms with Crippen molar-refractivity contribution in [2.45, 2.75) is 31.5 Å². The first-order valence-electron chi connectivity index (χ1n) is 11.5. The lowest BCUT2D eigenvalue weighted by atomic mass is 9.90. The second-order valence-corrected chi connectivity index (χ2v) is 8.56. The van der Waals surface area contributed by atoms with Crippen LogP contribution in [0.25, 0.3) is 11.1 Å². The molecule has 1 aliphatic heterocycles. The number of methoxy groups -OCH3 is 1. The molecule has 0 unspecified atom stereocenters. The number of rotatable bonds is 8. The van der Waals surface area contributed by atoms with Gasteiger partial charge in [-0.3, -0.25) is 15.1 Å². The largest absolute Gasteiger partial charge is 0.496 e. The van der Waals surface area contributed by atoms with E-state index in [0.29, 0.717) is 6.54 Å². The highest BCUT2D eigenvalue weighted by molar-refractivity contribution is 5.77. The van der Waals surface area contributed by atoms with E-state index in [2.05, 4.69) is 33.8 Å².